The van der Waals surface area contributed by atoms with Gasteiger partial charge in [0.15, 0.2) is 0 Å². The third kappa shape index (κ3) is 5.89. The molecule has 4 N–H and O–H groups in total. The van der Waals surface area contributed by atoms with Crippen LogP contribution in [-0.2, 0) is 4.79 Å². The maximum Gasteiger partial charge on any atom is 0.326 e. The lowest BCUT2D eigenvalue weighted by Crippen LogP contribution is -2.48. The van der Waals surface area contributed by atoms with Gasteiger partial charge in [0.2, 0.25) is 0 Å². The number of aliphatic hydroxyl groups is 1. The average molecular weight is 273 g/mol. The largest absolute Gasteiger partial charge is 0.480 e. The van der Waals surface area contributed by atoms with E-state index in [1.807, 2.05) is 0 Å². The molecule has 1 heterocycles. The average Bonchev–Trinajstić information content (AvgIpc) is 2.37. The van der Waals surface area contributed by atoms with Crippen molar-refractivity contribution in [1.82, 2.24) is 15.5 Å². The van der Waals surface area contributed by atoms with Gasteiger partial charge in [-0.1, -0.05) is 0 Å². The fraction of sp³-hybridized carbons (Fsp3) is 0.833. The lowest BCUT2D eigenvalue weighted by atomic mass is 9.97. The lowest BCUT2D eigenvalue weighted by Gasteiger charge is -2.29. The summed E-state index contributed by atoms with van der Waals surface area (Å²) in [6, 6.07) is -1.53. The van der Waals surface area contributed by atoms with Crippen molar-refractivity contribution in [3.05, 3.63) is 0 Å². The Balaban J connectivity index is 2.24. The molecule has 1 atom stereocenters. The molecule has 1 saturated heterocycles. The minimum atomic E-state index is -1.14. The third-order valence-electron chi connectivity index (χ3n) is 3.41. The van der Waals surface area contributed by atoms with Crippen molar-refractivity contribution in [2.75, 3.05) is 33.3 Å². The first-order chi connectivity index (χ1) is 9.02. The van der Waals surface area contributed by atoms with Crippen LogP contribution in [0.5, 0.6) is 0 Å². The van der Waals surface area contributed by atoms with E-state index in [1.54, 1.807) is 0 Å². The van der Waals surface area contributed by atoms with E-state index in [0.717, 1.165) is 25.9 Å². The Morgan fingerprint density at radius 2 is 2.00 bits per heavy atom. The van der Waals surface area contributed by atoms with Gasteiger partial charge >= 0.3 is 12.0 Å². The number of nitrogens with zero attached hydrogens (tertiary/aromatic N) is 1. The number of carboxylic acids is 1. The number of hydrogen-bond donors (Lipinski definition) is 4. The fourth-order valence-electron chi connectivity index (χ4n) is 2.10. The molecule has 1 unspecified atom stereocenters. The van der Waals surface area contributed by atoms with Crippen molar-refractivity contribution in [3.63, 3.8) is 0 Å². The van der Waals surface area contributed by atoms with E-state index in [2.05, 4.69) is 22.6 Å². The minimum Gasteiger partial charge on any atom is -0.480 e. The summed E-state index contributed by atoms with van der Waals surface area (Å²) in [5, 5.41) is 22.6. The Morgan fingerprint density at radius 1 is 1.37 bits per heavy atom. The van der Waals surface area contributed by atoms with Gasteiger partial charge in [-0.05, 0) is 38.9 Å². The molecule has 0 aromatic carbocycles. The van der Waals surface area contributed by atoms with Gasteiger partial charge in [0.25, 0.3) is 0 Å². The summed E-state index contributed by atoms with van der Waals surface area (Å²) in [5.41, 5.74) is 0. The molecule has 1 aliphatic heterocycles. The number of aliphatic carboxylic acids is 1. The first-order valence-electron chi connectivity index (χ1n) is 6.59. The normalized spacial score (nSPS) is 18.8. The SMILES string of the molecule is CN1CCC(CNC(=O)NC(CCO)C(=O)O)CC1. The zero-order valence-electron chi connectivity index (χ0n) is 11.3. The Morgan fingerprint density at radius 3 is 2.53 bits per heavy atom. The van der Waals surface area contributed by atoms with E-state index in [4.69, 9.17) is 10.2 Å². The van der Waals surface area contributed by atoms with Crippen LogP contribution in [0.3, 0.4) is 0 Å². The first kappa shape index (κ1) is 15.7. The number of aliphatic hydroxyl groups excluding tert-OH is 1. The molecule has 2 amide bonds. The summed E-state index contributed by atoms with van der Waals surface area (Å²) >= 11 is 0. The monoisotopic (exact) mass is 273 g/mol. The molecule has 1 aliphatic rings. The summed E-state index contributed by atoms with van der Waals surface area (Å²) in [4.78, 5) is 24.6. The molecule has 7 heteroatoms. The number of nitrogens with one attached hydrogen (secondary N) is 2. The second-order valence-corrected chi connectivity index (χ2v) is 5.00. The standard InChI is InChI=1S/C12H23N3O4/c1-15-5-2-9(3-6-15)8-13-12(19)14-10(4-7-16)11(17)18/h9-10,16H,2-8H2,1H3,(H,17,18)(H2,13,14,19). The number of likely N-dealkylation sites (tertiary alicyclic amines) is 1. The number of carbonyl (C=O) groups excluding carboxylic acids is 1. The molecule has 19 heavy (non-hydrogen) atoms. The van der Waals surface area contributed by atoms with Crippen LogP contribution in [0.2, 0.25) is 0 Å². The van der Waals surface area contributed by atoms with Crippen molar-refractivity contribution in [2.24, 2.45) is 5.92 Å². The van der Waals surface area contributed by atoms with Gasteiger partial charge in [-0.15, -0.1) is 0 Å². The number of piperidine rings is 1. The molecule has 0 aromatic heterocycles. The molecule has 0 saturated carbocycles. The molecule has 0 bridgehead atoms. The van der Waals surface area contributed by atoms with E-state index in [-0.39, 0.29) is 13.0 Å². The fourth-order valence-corrected chi connectivity index (χ4v) is 2.10. The van der Waals surface area contributed by atoms with Crippen LogP contribution >= 0.6 is 0 Å². The van der Waals surface area contributed by atoms with Gasteiger partial charge in [0.05, 0.1) is 0 Å². The molecule has 0 radical (unpaired) electrons. The number of carbonyl (C=O) groups is 2. The van der Waals surface area contributed by atoms with Crippen LogP contribution in [0.25, 0.3) is 0 Å². The number of amides is 2. The van der Waals surface area contributed by atoms with Crippen molar-refractivity contribution < 1.29 is 19.8 Å². The second kappa shape index (κ2) is 7.96. The zero-order chi connectivity index (χ0) is 14.3. The van der Waals surface area contributed by atoms with Crippen LogP contribution < -0.4 is 10.6 Å². The number of carboxylic acid groups (broad SMARTS) is 1. The molecule has 0 aromatic rings. The maximum absolute atomic E-state index is 11.6. The Kier molecular flexibility index (Phi) is 6.58. The molecule has 0 aliphatic carbocycles. The van der Waals surface area contributed by atoms with Gasteiger partial charge in [0, 0.05) is 19.6 Å². The Labute approximate surface area is 113 Å². The number of urea groups is 1. The predicted molar refractivity (Wildman–Crippen MR) is 69.9 cm³/mol. The van der Waals surface area contributed by atoms with Crippen molar-refractivity contribution in [1.29, 1.82) is 0 Å². The summed E-state index contributed by atoms with van der Waals surface area (Å²) in [5.74, 6) is -0.688. The Hall–Kier alpha value is -1.34. The number of hydrogen-bond acceptors (Lipinski definition) is 4. The van der Waals surface area contributed by atoms with Gasteiger partial charge in [-0.2, -0.15) is 0 Å². The summed E-state index contributed by atoms with van der Waals surface area (Å²) in [6.45, 7) is 2.34. The van der Waals surface area contributed by atoms with Gasteiger partial charge in [0.1, 0.15) is 6.04 Å². The molecule has 1 fully saturated rings. The maximum atomic E-state index is 11.6. The minimum absolute atomic E-state index is 0.0109. The highest BCUT2D eigenvalue weighted by atomic mass is 16.4. The molecular weight excluding hydrogens is 250 g/mol. The molecule has 110 valence electrons. The highest BCUT2D eigenvalue weighted by molar-refractivity contribution is 5.82. The first-order valence-corrected chi connectivity index (χ1v) is 6.59. The number of rotatable bonds is 6. The van der Waals surface area contributed by atoms with Gasteiger partial charge < -0.3 is 25.7 Å². The topological polar surface area (TPSA) is 102 Å². The summed E-state index contributed by atoms with van der Waals surface area (Å²) < 4.78 is 0. The summed E-state index contributed by atoms with van der Waals surface area (Å²) in [7, 11) is 2.07. The molecule has 1 rings (SSSR count). The highest BCUT2D eigenvalue weighted by Crippen LogP contribution is 2.14. The van der Waals surface area contributed by atoms with E-state index < -0.39 is 18.0 Å². The quantitative estimate of drug-likeness (QED) is 0.521. The van der Waals surface area contributed by atoms with Crippen LogP contribution in [0.4, 0.5) is 4.79 Å². The molecular formula is C12H23N3O4. The third-order valence-corrected chi connectivity index (χ3v) is 3.41. The van der Waals surface area contributed by atoms with Crippen molar-refractivity contribution in [2.45, 2.75) is 25.3 Å². The lowest BCUT2D eigenvalue weighted by molar-refractivity contribution is -0.139. The van der Waals surface area contributed by atoms with E-state index in [9.17, 15) is 9.59 Å². The van der Waals surface area contributed by atoms with E-state index >= 15 is 0 Å². The van der Waals surface area contributed by atoms with Crippen LogP contribution in [-0.4, -0.2) is 66.4 Å². The molecule has 7 nitrogen and oxygen atoms in total. The van der Waals surface area contributed by atoms with Crippen LogP contribution in [0.1, 0.15) is 19.3 Å². The van der Waals surface area contributed by atoms with Crippen LogP contribution in [0, 0.1) is 5.92 Å². The van der Waals surface area contributed by atoms with Crippen molar-refractivity contribution in [3.8, 4) is 0 Å². The van der Waals surface area contributed by atoms with Crippen LogP contribution in [0.15, 0.2) is 0 Å². The molecule has 0 spiro atoms. The highest BCUT2D eigenvalue weighted by Gasteiger charge is 2.21. The Bertz CT molecular complexity index is 303. The smallest absolute Gasteiger partial charge is 0.326 e. The zero-order valence-corrected chi connectivity index (χ0v) is 11.3. The summed E-state index contributed by atoms with van der Waals surface area (Å²) in [6.07, 6.45) is 2.09. The van der Waals surface area contributed by atoms with E-state index in [1.165, 1.54) is 0 Å². The second-order valence-electron chi connectivity index (χ2n) is 5.00. The van der Waals surface area contributed by atoms with E-state index in [0.29, 0.717) is 12.5 Å². The van der Waals surface area contributed by atoms with Crippen molar-refractivity contribution >= 4 is 12.0 Å². The van der Waals surface area contributed by atoms with Gasteiger partial charge in [-0.25, -0.2) is 9.59 Å². The van der Waals surface area contributed by atoms with Gasteiger partial charge in [-0.3, -0.25) is 0 Å². The predicted octanol–water partition coefficient (Wildman–Crippen LogP) is -0.537.